The molecular formula is C14H18N2O2. The molecule has 2 aromatic rings. The van der Waals surface area contributed by atoms with Gasteiger partial charge in [0, 0.05) is 35.3 Å². The first-order chi connectivity index (χ1) is 8.76. The highest BCUT2D eigenvalue weighted by molar-refractivity contribution is 6.06. The van der Waals surface area contributed by atoms with Gasteiger partial charge >= 0.3 is 0 Å². The van der Waals surface area contributed by atoms with Gasteiger partial charge in [-0.05, 0) is 31.0 Å². The number of aromatic nitrogens is 1. The van der Waals surface area contributed by atoms with Gasteiger partial charge in [0.15, 0.2) is 0 Å². The molecule has 4 heteroatoms. The molecule has 0 radical (unpaired) electrons. The Bertz CT molecular complexity index is 533. The molecule has 4 nitrogen and oxygen atoms in total. The lowest BCUT2D eigenvalue weighted by atomic mass is 10.1. The number of carbonyl (C=O) groups excluding carboxylic acids is 1. The predicted octanol–water partition coefficient (Wildman–Crippen LogP) is 2.06. The van der Waals surface area contributed by atoms with E-state index in [1.807, 2.05) is 37.4 Å². The number of fused-ring (bicyclic) bond motifs is 1. The first kappa shape index (κ1) is 12.6. The number of amides is 1. The van der Waals surface area contributed by atoms with Gasteiger partial charge in [-0.25, -0.2) is 0 Å². The Hall–Kier alpha value is -1.81. The number of rotatable bonds is 5. The maximum atomic E-state index is 12.2. The number of benzene rings is 1. The fourth-order valence-corrected chi connectivity index (χ4v) is 2.08. The van der Waals surface area contributed by atoms with E-state index in [4.69, 9.17) is 5.11 Å². The van der Waals surface area contributed by atoms with Crippen LogP contribution in [0.2, 0.25) is 0 Å². The van der Waals surface area contributed by atoms with Crippen molar-refractivity contribution in [3.63, 3.8) is 0 Å². The maximum Gasteiger partial charge on any atom is 0.252 e. The predicted molar refractivity (Wildman–Crippen MR) is 71.5 cm³/mol. The van der Waals surface area contributed by atoms with Crippen LogP contribution in [0, 0.1) is 0 Å². The van der Waals surface area contributed by atoms with E-state index in [0.717, 1.165) is 17.3 Å². The number of H-pyrrole nitrogens is 1. The van der Waals surface area contributed by atoms with Gasteiger partial charge in [0.05, 0.1) is 0 Å². The van der Waals surface area contributed by atoms with E-state index in [9.17, 15) is 4.79 Å². The summed E-state index contributed by atoms with van der Waals surface area (Å²) in [6.07, 6.45) is 3.23. The van der Waals surface area contributed by atoms with Crippen LogP contribution in [0.1, 0.15) is 30.1 Å². The number of hydrogen-bond donors (Lipinski definition) is 3. The average Bonchev–Trinajstić information content (AvgIpc) is 2.85. The van der Waals surface area contributed by atoms with Crippen molar-refractivity contribution in [2.75, 3.05) is 6.61 Å². The summed E-state index contributed by atoms with van der Waals surface area (Å²) >= 11 is 0. The summed E-state index contributed by atoms with van der Waals surface area (Å²) in [7, 11) is 0. The molecule has 1 amide bonds. The second-order valence-corrected chi connectivity index (χ2v) is 4.34. The van der Waals surface area contributed by atoms with Crippen molar-refractivity contribution in [3.05, 3.63) is 36.0 Å². The SMILES string of the molecule is CCC(CCO)NC(=O)c1cccc2[nH]ccc12. The zero-order valence-electron chi connectivity index (χ0n) is 10.4. The van der Waals surface area contributed by atoms with E-state index >= 15 is 0 Å². The van der Waals surface area contributed by atoms with Gasteiger partial charge in [0.2, 0.25) is 0 Å². The van der Waals surface area contributed by atoms with Gasteiger partial charge < -0.3 is 15.4 Å². The number of aromatic amines is 1. The minimum absolute atomic E-state index is 0.0247. The highest BCUT2D eigenvalue weighted by Crippen LogP contribution is 2.17. The van der Waals surface area contributed by atoms with Gasteiger partial charge in [-0.2, -0.15) is 0 Å². The van der Waals surface area contributed by atoms with Crippen molar-refractivity contribution in [1.82, 2.24) is 10.3 Å². The van der Waals surface area contributed by atoms with Gasteiger partial charge in [0.25, 0.3) is 5.91 Å². The number of nitrogens with one attached hydrogen (secondary N) is 2. The molecule has 1 unspecified atom stereocenters. The van der Waals surface area contributed by atoms with Crippen molar-refractivity contribution < 1.29 is 9.90 Å². The van der Waals surface area contributed by atoms with Crippen molar-refractivity contribution in [2.24, 2.45) is 0 Å². The lowest BCUT2D eigenvalue weighted by Crippen LogP contribution is -2.35. The molecule has 1 aromatic carbocycles. The smallest absolute Gasteiger partial charge is 0.252 e. The number of aliphatic hydroxyl groups is 1. The van der Waals surface area contributed by atoms with E-state index in [-0.39, 0.29) is 18.6 Å². The fraction of sp³-hybridized carbons (Fsp3) is 0.357. The molecule has 0 saturated carbocycles. The van der Waals surface area contributed by atoms with E-state index < -0.39 is 0 Å². The molecule has 0 aliphatic rings. The quantitative estimate of drug-likeness (QED) is 0.756. The summed E-state index contributed by atoms with van der Waals surface area (Å²) in [5.74, 6) is -0.0829. The third kappa shape index (κ3) is 2.54. The van der Waals surface area contributed by atoms with Crippen LogP contribution < -0.4 is 5.32 Å². The molecule has 1 heterocycles. The number of carbonyl (C=O) groups is 1. The zero-order chi connectivity index (χ0) is 13.0. The summed E-state index contributed by atoms with van der Waals surface area (Å²) in [6.45, 7) is 2.09. The molecule has 0 bridgehead atoms. The molecule has 1 aromatic heterocycles. The minimum Gasteiger partial charge on any atom is -0.396 e. The highest BCUT2D eigenvalue weighted by Gasteiger charge is 2.14. The Morgan fingerprint density at radius 3 is 3.00 bits per heavy atom. The van der Waals surface area contributed by atoms with Crippen LogP contribution >= 0.6 is 0 Å². The van der Waals surface area contributed by atoms with Crippen LogP contribution in [0.25, 0.3) is 10.9 Å². The lowest BCUT2D eigenvalue weighted by Gasteiger charge is -2.16. The molecule has 1 atom stereocenters. The summed E-state index contributed by atoms with van der Waals surface area (Å²) in [5, 5.41) is 12.8. The summed E-state index contributed by atoms with van der Waals surface area (Å²) < 4.78 is 0. The van der Waals surface area contributed by atoms with Crippen LogP contribution in [0.3, 0.4) is 0 Å². The van der Waals surface area contributed by atoms with Crippen molar-refractivity contribution in [3.8, 4) is 0 Å². The lowest BCUT2D eigenvalue weighted by molar-refractivity contribution is 0.0931. The van der Waals surface area contributed by atoms with Crippen molar-refractivity contribution >= 4 is 16.8 Å². The van der Waals surface area contributed by atoms with Gasteiger partial charge in [-0.15, -0.1) is 0 Å². The standard InChI is InChI=1S/C14H18N2O2/c1-2-10(7-9-17)16-14(18)12-4-3-5-13-11(12)6-8-15-13/h3-6,8,10,15,17H,2,7,9H2,1H3,(H,16,18). The molecule has 3 N–H and O–H groups in total. The normalized spacial score (nSPS) is 12.6. The Kier molecular flexibility index (Phi) is 3.99. The molecule has 96 valence electrons. The number of aliphatic hydroxyl groups excluding tert-OH is 1. The van der Waals surface area contributed by atoms with Gasteiger partial charge in [-0.1, -0.05) is 13.0 Å². The van der Waals surface area contributed by atoms with E-state index in [2.05, 4.69) is 10.3 Å². The molecule has 0 fully saturated rings. The first-order valence-electron chi connectivity index (χ1n) is 6.24. The van der Waals surface area contributed by atoms with Crippen LogP contribution in [0.4, 0.5) is 0 Å². The van der Waals surface area contributed by atoms with Crippen molar-refractivity contribution in [2.45, 2.75) is 25.8 Å². The Balaban J connectivity index is 2.20. The number of hydrogen-bond acceptors (Lipinski definition) is 2. The Labute approximate surface area is 106 Å². The van der Waals surface area contributed by atoms with Gasteiger partial charge in [0.1, 0.15) is 0 Å². The average molecular weight is 246 g/mol. The molecule has 0 aliphatic heterocycles. The molecule has 0 spiro atoms. The third-order valence-electron chi connectivity index (χ3n) is 3.15. The fourth-order valence-electron chi connectivity index (χ4n) is 2.08. The molecule has 0 saturated heterocycles. The molecule has 2 rings (SSSR count). The minimum atomic E-state index is -0.0829. The third-order valence-corrected chi connectivity index (χ3v) is 3.15. The monoisotopic (exact) mass is 246 g/mol. The second-order valence-electron chi connectivity index (χ2n) is 4.34. The Morgan fingerprint density at radius 1 is 1.44 bits per heavy atom. The Morgan fingerprint density at radius 2 is 2.28 bits per heavy atom. The van der Waals surface area contributed by atoms with E-state index in [1.54, 1.807) is 0 Å². The van der Waals surface area contributed by atoms with Crippen LogP contribution in [-0.2, 0) is 0 Å². The van der Waals surface area contributed by atoms with Crippen LogP contribution in [0.5, 0.6) is 0 Å². The van der Waals surface area contributed by atoms with Gasteiger partial charge in [-0.3, -0.25) is 4.79 Å². The van der Waals surface area contributed by atoms with E-state index in [1.165, 1.54) is 0 Å². The first-order valence-corrected chi connectivity index (χ1v) is 6.24. The molecule has 18 heavy (non-hydrogen) atoms. The maximum absolute atomic E-state index is 12.2. The van der Waals surface area contributed by atoms with E-state index in [0.29, 0.717) is 12.0 Å². The second kappa shape index (κ2) is 5.69. The topological polar surface area (TPSA) is 65.1 Å². The highest BCUT2D eigenvalue weighted by atomic mass is 16.3. The summed E-state index contributed by atoms with van der Waals surface area (Å²) in [5.41, 5.74) is 1.63. The molecule has 0 aliphatic carbocycles. The summed E-state index contributed by atoms with van der Waals surface area (Å²) in [4.78, 5) is 15.3. The van der Waals surface area contributed by atoms with Crippen LogP contribution in [-0.4, -0.2) is 28.6 Å². The van der Waals surface area contributed by atoms with Crippen LogP contribution in [0.15, 0.2) is 30.5 Å². The van der Waals surface area contributed by atoms with Crippen molar-refractivity contribution in [1.29, 1.82) is 0 Å². The largest absolute Gasteiger partial charge is 0.396 e. The zero-order valence-corrected chi connectivity index (χ0v) is 10.4. The molecular weight excluding hydrogens is 228 g/mol. The summed E-state index contributed by atoms with van der Waals surface area (Å²) in [6, 6.07) is 7.54.